The Hall–Kier alpha value is -1.39. The van der Waals surface area contributed by atoms with E-state index in [0.29, 0.717) is 24.4 Å². The van der Waals surface area contributed by atoms with Crippen LogP contribution in [0.5, 0.6) is 5.75 Å². The fraction of sp³-hybridized carbons (Fsp3) is 0.562. The lowest BCUT2D eigenvalue weighted by atomic mass is 10.2. The SMILES string of the molecule is C[C@H]1C[NH+](CCCOc2cccc(C=O)c2)C[C@H](C)O1. The van der Waals surface area contributed by atoms with Gasteiger partial charge in [0.05, 0.1) is 13.2 Å². The van der Waals surface area contributed by atoms with Gasteiger partial charge in [0.15, 0.2) is 0 Å². The fourth-order valence-corrected chi connectivity index (χ4v) is 2.78. The number of nitrogens with one attached hydrogen (secondary N) is 1. The number of benzene rings is 1. The average molecular weight is 278 g/mol. The van der Waals surface area contributed by atoms with E-state index < -0.39 is 0 Å². The Bertz CT molecular complexity index is 425. The van der Waals surface area contributed by atoms with Crippen molar-refractivity contribution < 1.29 is 19.2 Å². The van der Waals surface area contributed by atoms with Gasteiger partial charge in [-0.25, -0.2) is 0 Å². The Morgan fingerprint density at radius 3 is 2.80 bits per heavy atom. The van der Waals surface area contributed by atoms with E-state index in [4.69, 9.17) is 9.47 Å². The molecule has 110 valence electrons. The Morgan fingerprint density at radius 2 is 2.10 bits per heavy atom. The maximum Gasteiger partial charge on any atom is 0.150 e. The van der Waals surface area contributed by atoms with Crippen molar-refractivity contribution in [3.63, 3.8) is 0 Å². The highest BCUT2D eigenvalue weighted by Crippen LogP contribution is 2.11. The molecule has 20 heavy (non-hydrogen) atoms. The summed E-state index contributed by atoms with van der Waals surface area (Å²) in [6, 6.07) is 7.29. The summed E-state index contributed by atoms with van der Waals surface area (Å²) in [6.07, 6.45) is 2.55. The summed E-state index contributed by atoms with van der Waals surface area (Å²) in [7, 11) is 0. The molecule has 0 aliphatic carbocycles. The molecule has 1 aliphatic heterocycles. The molecule has 0 unspecified atom stereocenters. The van der Waals surface area contributed by atoms with E-state index in [1.165, 1.54) is 0 Å². The third kappa shape index (κ3) is 4.62. The number of morpholine rings is 1. The molecular weight excluding hydrogens is 254 g/mol. The Labute approximate surface area is 120 Å². The van der Waals surface area contributed by atoms with Gasteiger partial charge in [0.1, 0.15) is 37.3 Å². The van der Waals surface area contributed by atoms with Crippen LogP contribution in [0.15, 0.2) is 24.3 Å². The van der Waals surface area contributed by atoms with Crippen LogP contribution in [0.1, 0.15) is 30.6 Å². The minimum Gasteiger partial charge on any atom is -0.493 e. The molecule has 0 aromatic heterocycles. The van der Waals surface area contributed by atoms with Crippen molar-refractivity contribution in [3.8, 4) is 5.75 Å². The van der Waals surface area contributed by atoms with Crippen molar-refractivity contribution in [1.82, 2.24) is 0 Å². The molecule has 1 fully saturated rings. The van der Waals surface area contributed by atoms with E-state index in [2.05, 4.69) is 13.8 Å². The summed E-state index contributed by atoms with van der Waals surface area (Å²) >= 11 is 0. The van der Waals surface area contributed by atoms with Crippen LogP contribution in [0.3, 0.4) is 0 Å². The summed E-state index contributed by atoms with van der Waals surface area (Å²) in [5.74, 6) is 0.772. The normalized spacial score (nSPS) is 26.2. The number of hydrogen-bond donors (Lipinski definition) is 1. The first-order chi connectivity index (χ1) is 9.67. The molecule has 0 bridgehead atoms. The highest BCUT2D eigenvalue weighted by atomic mass is 16.5. The first-order valence-corrected chi connectivity index (χ1v) is 7.34. The minimum absolute atomic E-state index is 0.346. The molecule has 1 heterocycles. The van der Waals surface area contributed by atoms with Gasteiger partial charge in [0, 0.05) is 12.0 Å². The lowest BCUT2D eigenvalue weighted by Gasteiger charge is -2.32. The van der Waals surface area contributed by atoms with Gasteiger partial charge in [-0.3, -0.25) is 4.79 Å². The first-order valence-electron chi connectivity index (χ1n) is 7.34. The quantitative estimate of drug-likeness (QED) is 0.622. The maximum absolute atomic E-state index is 10.7. The van der Waals surface area contributed by atoms with E-state index in [9.17, 15) is 4.79 Å². The summed E-state index contributed by atoms with van der Waals surface area (Å²) in [5.41, 5.74) is 0.656. The molecule has 1 aliphatic rings. The molecule has 1 saturated heterocycles. The van der Waals surface area contributed by atoms with Crippen LogP contribution in [0.25, 0.3) is 0 Å². The zero-order chi connectivity index (χ0) is 14.4. The summed E-state index contributed by atoms with van der Waals surface area (Å²) in [6.45, 7) is 8.21. The van der Waals surface area contributed by atoms with Crippen molar-refractivity contribution >= 4 is 6.29 Å². The van der Waals surface area contributed by atoms with Crippen LogP contribution in [0.2, 0.25) is 0 Å². The molecule has 1 aromatic rings. The molecule has 2 rings (SSSR count). The van der Waals surface area contributed by atoms with Crippen molar-refractivity contribution in [3.05, 3.63) is 29.8 Å². The van der Waals surface area contributed by atoms with E-state index in [1.807, 2.05) is 12.1 Å². The zero-order valence-electron chi connectivity index (χ0n) is 12.3. The molecule has 0 amide bonds. The summed E-state index contributed by atoms with van der Waals surface area (Å²) < 4.78 is 11.4. The zero-order valence-corrected chi connectivity index (χ0v) is 12.3. The predicted octanol–water partition coefficient (Wildman–Crippen LogP) is 0.960. The van der Waals surface area contributed by atoms with Crippen molar-refractivity contribution in [2.45, 2.75) is 32.5 Å². The molecule has 1 aromatic carbocycles. The number of quaternary nitrogens is 1. The van der Waals surface area contributed by atoms with E-state index in [1.54, 1.807) is 17.0 Å². The van der Waals surface area contributed by atoms with Crippen molar-refractivity contribution in [2.75, 3.05) is 26.2 Å². The Morgan fingerprint density at radius 1 is 1.35 bits per heavy atom. The highest BCUT2D eigenvalue weighted by molar-refractivity contribution is 5.75. The van der Waals surface area contributed by atoms with Crippen LogP contribution >= 0.6 is 0 Å². The van der Waals surface area contributed by atoms with Crippen LogP contribution in [0.4, 0.5) is 0 Å². The Kier molecular flexibility index (Phi) is 5.56. The minimum atomic E-state index is 0.346. The topological polar surface area (TPSA) is 40.0 Å². The first kappa shape index (κ1) is 15.0. The van der Waals surface area contributed by atoms with Gasteiger partial charge in [-0.2, -0.15) is 0 Å². The van der Waals surface area contributed by atoms with Crippen molar-refractivity contribution in [1.29, 1.82) is 0 Å². The van der Waals surface area contributed by atoms with Gasteiger partial charge in [0.2, 0.25) is 0 Å². The number of ether oxygens (including phenoxy) is 2. The average Bonchev–Trinajstić information content (AvgIpc) is 2.43. The van der Waals surface area contributed by atoms with Crippen LogP contribution in [-0.2, 0) is 4.74 Å². The van der Waals surface area contributed by atoms with Gasteiger partial charge in [0.25, 0.3) is 0 Å². The number of rotatable bonds is 6. The standard InChI is InChI=1S/C16H23NO3/c1-13-10-17(11-14(2)20-13)7-4-8-19-16-6-3-5-15(9-16)12-18/h3,5-6,9,12-14H,4,7-8,10-11H2,1-2H3/p+1/t13-,14-/m0/s1. The summed E-state index contributed by atoms with van der Waals surface area (Å²) in [4.78, 5) is 12.3. The van der Waals surface area contributed by atoms with Gasteiger partial charge < -0.3 is 14.4 Å². The lowest BCUT2D eigenvalue weighted by Crippen LogP contribution is -3.15. The monoisotopic (exact) mass is 278 g/mol. The largest absolute Gasteiger partial charge is 0.493 e. The van der Waals surface area contributed by atoms with Crippen LogP contribution < -0.4 is 9.64 Å². The second-order valence-electron chi connectivity index (χ2n) is 5.56. The third-order valence-electron chi connectivity index (χ3n) is 3.55. The van der Waals surface area contributed by atoms with E-state index in [0.717, 1.165) is 38.1 Å². The second kappa shape index (κ2) is 7.41. The van der Waals surface area contributed by atoms with Gasteiger partial charge in [-0.1, -0.05) is 12.1 Å². The highest BCUT2D eigenvalue weighted by Gasteiger charge is 2.24. The van der Waals surface area contributed by atoms with Crippen LogP contribution in [0, 0.1) is 0 Å². The second-order valence-corrected chi connectivity index (χ2v) is 5.56. The maximum atomic E-state index is 10.7. The molecule has 2 atom stereocenters. The number of aldehydes is 1. The lowest BCUT2D eigenvalue weighted by molar-refractivity contribution is -0.915. The molecule has 4 heteroatoms. The molecule has 1 N–H and O–H groups in total. The number of hydrogen-bond acceptors (Lipinski definition) is 3. The molecule has 0 spiro atoms. The molecule has 4 nitrogen and oxygen atoms in total. The van der Waals surface area contributed by atoms with Gasteiger partial charge in [-0.15, -0.1) is 0 Å². The predicted molar refractivity (Wildman–Crippen MR) is 77.5 cm³/mol. The molecule has 0 radical (unpaired) electrons. The van der Waals surface area contributed by atoms with E-state index in [-0.39, 0.29) is 0 Å². The smallest absolute Gasteiger partial charge is 0.150 e. The van der Waals surface area contributed by atoms with Crippen LogP contribution in [-0.4, -0.2) is 44.7 Å². The number of carbonyl (C=O) groups excluding carboxylic acids is 1. The van der Waals surface area contributed by atoms with Crippen molar-refractivity contribution in [2.24, 2.45) is 0 Å². The van der Waals surface area contributed by atoms with Gasteiger partial charge in [-0.05, 0) is 26.0 Å². The third-order valence-corrected chi connectivity index (χ3v) is 3.55. The summed E-state index contributed by atoms with van der Waals surface area (Å²) in [5, 5.41) is 0. The Balaban J connectivity index is 1.69. The van der Waals surface area contributed by atoms with Gasteiger partial charge >= 0.3 is 0 Å². The fourth-order valence-electron chi connectivity index (χ4n) is 2.78. The van der Waals surface area contributed by atoms with E-state index >= 15 is 0 Å². The number of carbonyl (C=O) groups is 1. The molecular formula is C16H24NO3+. The molecule has 0 saturated carbocycles.